The Bertz CT molecular complexity index is 342. The summed E-state index contributed by atoms with van der Waals surface area (Å²) in [6.45, 7) is 1.30. The van der Waals surface area contributed by atoms with E-state index in [-0.39, 0.29) is 11.8 Å². The van der Waals surface area contributed by atoms with Gasteiger partial charge in [0.25, 0.3) is 5.91 Å². The predicted molar refractivity (Wildman–Crippen MR) is 57.9 cm³/mol. The maximum absolute atomic E-state index is 11.3. The van der Waals surface area contributed by atoms with Gasteiger partial charge in [0.2, 0.25) is 5.91 Å². The second-order valence-corrected chi connectivity index (χ2v) is 5.47. The minimum absolute atomic E-state index is 0.356. The maximum Gasteiger partial charge on any atom is 0.267 e. The monoisotopic (exact) mass is 325 g/mol. The minimum atomic E-state index is -0.371. The Balaban J connectivity index is 2.83. The molecule has 1 N–H and O–H groups in total. The van der Waals surface area contributed by atoms with Crippen LogP contribution in [0.2, 0.25) is 0 Å². The lowest BCUT2D eigenvalue weighted by Crippen LogP contribution is -2.27. The zero-order valence-corrected chi connectivity index (χ0v) is 10.5. The highest BCUT2D eigenvalue weighted by atomic mass is 79.9. The van der Waals surface area contributed by atoms with E-state index in [2.05, 4.69) is 37.2 Å². The van der Waals surface area contributed by atoms with Crippen LogP contribution in [0.4, 0.5) is 0 Å². The zero-order valence-electron chi connectivity index (χ0n) is 6.56. The molecular formula is C7H5Br2NO2S. The average Bonchev–Trinajstić information content (AvgIpc) is 2.31. The van der Waals surface area contributed by atoms with Gasteiger partial charge in [-0.05, 0) is 37.9 Å². The molecule has 0 unspecified atom stereocenters. The molecule has 70 valence electrons. The van der Waals surface area contributed by atoms with Crippen molar-refractivity contribution in [3.8, 4) is 0 Å². The Hall–Kier alpha value is -0.200. The fraction of sp³-hybridized carbons (Fsp3) is 0.143. The van der Waals surface area contributed by atoms with E-state index in [4.69, 9.17) is 0 Å². The van der Waals surface area contributed by atoms with Crippen molar-refractivity contribution in [2.24, 2.45) is 0 Å². The van der Waals surface area contributed by atoms with Crippen LogP contribution in [0, 0.1) is 0 Å². The van der Waals surface area contributed by atoms with Gasteiger partial charge < -0.3 is 0 Å². The van der Waals surface area contributed by atoms with Crippen molar-refractivity contribution in [2.75, 3.05) is 0 Å². The molecule has 1 aromatic rings. The molecule has 0 bridgehead atoms. The summed E-state index contributed by atoms with van der Waals surface area (Å²) in [6.07, 6.45) is 0. The number of carbonyl (C=O) groups excluding carboxylic acids is 2. The van der Waals surface area contributed by atoms with Gasteiger partial charge in [0.05, 0.1) is 8.66 Å². The highest BCUT2D eigenvalue weighted by molar-refractivity contribution is 9.13. The molecule has 0 aliphatic heterocycles. The molecule has 1 rings (SSSR count). The number of imide groups is 1. The van der Waals surface area contributed by atoms with Crippen molar-refractivity contribution in [3.05, 3.63) is 19.2 Å². The highest BCUT2D eigenvalue weighted by Gasteiger charge is 2.12. The van der Waals surface area contributed by atoms with E-state index < -0.39 is 0 Å². The highest BCUT2D eigenvalue weighted by Crippen LogP contribution is 2.32. The molecule has 0 aliphatic rings. The lowest BCUT2D eigenvalue weighted by molar-refractivity contribution is -0.118. The van der Waals surface area contributed by atoms with Crippen molar-refractivity contribution in [2.45, 2.75) is 6.92 Å². The standard InChI is InChI=1S/C7H5Br2NO2S/c1-3(11)10-7(12)5-2-4(8)6(9)13-5/h2H,1H3,(H,10,11,12). The van der Waals surface area contributed by atoms with Crippen LogP contribution < -0.4 is 5.32 Å². The van der Waals surface area contributed by atoms with Gasteiger partial charge >= 0.3 is 0 Å². The molecule has 2 amide bonds. The number of halogens is 2. The summed E-state index contributed by atoms with van der Waals surface area (Å²) in [5.74, 6) is -0.727. The van der Waals surface area contributed by atoms with Crippen LogP contribution in [-0.4, -0.2) is 11.8 Å². The summed E-state index contributed by atoms with van der Waals surface area (Å²) in [5.41, 5.74) is 0. The summed E-state index contributed by atoms with van der Waals surface area (Å²) < 4.78 is 1.65. The zero-order chi connectivity index (χ0) is 10.0. The molecule has 0 fully saturated rings. The molecule has 0 saturated heterocycles. The van der Waals surface area contributed by atoms with E-state index in [1.807, 2.05) is 0 Å². The van der Waals surface area contributed by atoms with Crippen LogP contribution in [0.5, 0.6) is 0 Å². The third kappa shape index (κ3) is 2.89. The smallest absolute Gasteiger partial charge is 0.267 e. The first-order valence-corrected chi connectivity index (χ1v) is 5.67. The summed E-state index contributed by atoms with van der Waals surface area (Å²) in [5, 5.41) is 2.19. The molecule has 0 aliphatic carbocycles. The Morgan fingerprint density at radius 3 is 2.46 bits per heavy atom. The van der Waals surface area contributed by atoms with Crippen molar-refractivity contribution in [1.29, 1.82) is 0 Å². The van der Waals surface area contributed by atoms with Crippen LogP contribution in [0.15, 0.2) is 14.3 Å². The molecule has 0 saturated carbocycles. The number of thiophene rings is 1. The van der Waals surface area contributed by atoms with E-state index >= 15 is 0 Å². The third-order valence-electron chi connectivity index (χ3n) is 1.16. The minimum Gasteiger partial charge on any atom is -0.292 e. The second kappa shape index (κ2) is 4.34. The quantitative estimate of drug-likeness (QED) is 0.862. The fourth-order valence-corrected chi connectivity index (χ4v) is 2.61. The topological polar surface area (TPSA) is 46.2 Å². The van der Waals surface area contributed by atoms with Gasteiger partial charge in [0.1, 0.15) is 0 Å². The first kappa shape index (κ1) is 10.9. The van der Waals surface area contributed by atoms with Crippen LogP contribution in [0.3, 0.4) is 0 Å². The third-order valence-corrected chi connectivity index (χ3v) is 4.41. The largest absolute Gasteiger partial charge is 0.292 e. The lowest BCUT2D eigenvalue weighted by atomic mass is 10.4. The van der Waals surface area contributed by atoms with Crippen molar-refractivity contribution >= 4 is 55.0 Å². The average molecular weight is 327 g/mol. The van der Waals surface area contributed by atoms with E-state index in [1.54, 1.807) is 6.07 Å². The van der Waals surface area contributed by atoms with Gasteiger partial charge in [-0.15, -0.1) is 11.3 Å². The molecule has 1 heterocycles. The van der Waals surface area contributed by atoms with Gasteiger partial charge in [-0.1, -0.05) is 0 Å². The number of carbonyl (C=O) groups is 2. The van der Waals surface area contributed by atoms with Crippen LogP contribution >= 0.6 is 43.2 Å². The van der Waals surface area contributed by atoms with E-state index in [9.17, 15) is 9.59 Å². The Morgan fingerprint density at radius 2 is 2.08 bits per heavy atom. The Kier molecular flexibility index (Phi) is 3.63. The molecule has 0 spiro atoms. The molecule has 1 aromatic heterocycles. The molecule has 0 atom stereocenters. The SMILES string of the molecule is CC(=O)NC(=O)c1cc(Br)c(Br)s1. The summed E-state index contributed by atoms with van der Waals surface area (Å²) in [4.78, 5) is 22.3. The number of nitrogens with one attached hydrogen (secondary N) is 1. The van der Waals surface area contributed by atoms with Gasteiger partial charge in [-0.3, -0.25) is 14.9 Å². The number of amides is 2. The Morgan fingerprint density at radius 1 is 1.46 bits per heavy atom. The van der Waals surface area contributed by atoms with Crippen LogP contribution in [0.1, 0.15) is 16.6 Å². The number of rotatable bonds is 1. The first-order valence-electron chi connectivity index (χ1n) is 3.27. The van der Waals surface area contributed by atoms with E-state index in [0.29, 0.717) is 4.88 Å². The molecule has 13 heavy (non-hydrogen) atoms. The van der Waals surface area contributed by atoms with Gasteiger partial charge in [-0.25, -0.2) is 0 Å². The predicted octanol–water partition coefficient (Wildman–Crippen LogP) is 2.55. The van der Waals surface area contributed by atoms with E-state index in [0.717, 1.165) is 8.26 Å². The molecule has 0 radical (unpaired) electrons. The molecule has 6 heteroatoms. The molecule has 3 nitrogen and oxygen atoms in total. The van der Waals surface area contributed by atoms with Crippen molar-refractivity contribution < 1.29 is 9.59 Å². The lowest BCUT2D eigenvalue weighted by Gasteiger charge is -1.95. The molecule has 0 aromatic carbocycles. The van der Waals surface area contributed by atoms with Crippen molar-refractivity contribution in [1.82, 2.24) is 5.32 Å². The van der Waals surface area contributed by atoms with Gasteiger partial charge in [-0.2, -0.15) is 0 Å². The van der Waals surface area contributed by atoms with Gasteiger partial charge in [0.15, 0.2) is 0 Å². The van der Waals surface area contributed by atoms with E-state index in [1.165, 1.54) is 18.3 Å². The maximum atomic E-state index is 11.3. The summed E-state index contributed by atoms with van der Waals surface area (Å²) in [7, 11) is 0. The normalized spacial score (nSPS) is 9.77. The second-order valence-electron chi connectivity index (χ2n) is 2.24. The van der Waals surface area contributed by atoms with Crippen molar-refractivity contribution in [3.63, 3.8) is 0 Å². The first-order chi connectivity index (χ1) is 6.00. The Labute approximate surface area is 95.8 Å². The fourth-order valence-electron chi connectivity index (χ4n) is 0.680. The summed E-state index contributed by atoms with van der Waals surface area (Å²) >= 11 is 7.78. The summed E-state index contributed by atoms with van der Waals surface area (Å²) in [6, 6.07) is 1.66. The van der Waals surface area contributed by atoms with Gasteiger partial charge in [0, 0.05) is 11.4 Å². The number of hydrogen-bond acceptors (Lipinski definition) is 3. The van der Waals surface area contributed by atoms with Crippen LogP contribution in [-0.2, 0) is 4.79 Å². The number of hydrogen-bond donors (Lipinski definition) is 1. The van der Waals surface area contributed by atoms with Crippen LogP contribution in [0.25, 0.3) is 0 Å². The molecular weight excluding hydrogens is 322 g/mol.